The van der Waals surface area contributed by atoms with Crippen LogP contribution in [0, 0.1) is 6.92 Å². The van der Waals surface area contributed by atoms with Crippen molar-refractivity contribution < 1.29 is 22.8 Å². The summed E-state index contributed by atoms with van der Waals surface area (Å²) in [6.07, 6.45) is -1.47. The first-order valence-electron chi connectivity index (χ1n) is 7.34. The van der Waals surface area contributed by atoms with Crippen LogP contribution in [0.1, 0.15) is 12.0 Å². The number of nitrogens with one attached hydrogen (secondary N) is 1. The number of carbonyl (C=O) groups is 2. The fraction of sp³-hybridized carbons (Fsp3) is 0.250. The molecule has 1 saturated heterocycles. The Balaban J connectivity index is 1.96. The topological polar surface area (TPSA) is 75.2 Å². The molecule has 1 unspecified atom stereocenters. The van der Waals surface area contributed by atoms with Gasteiger partial charge in [-0.2, -0.15) is 13.2 Å². The predicted octanol–water partition coefficient (Wildman–Crippen LogP) is 2.83. The van der Waals surface area contributed by atoms with Gasteiger partial charge in [-0.1, -0.05) is 12.1 Å². The van der Waals surface area contributed by atoms with Crippen LogP contribution in [0.15, 0.2) is 36.8 Å². The zero-order chi connectivity index (χ0) is 18.2. The van der Waals surface area contributed by atoms with Gasteiger partial charge in [-0.05, 0) is 18.6 Å². The molecule has 1 aliphatic rings. The summed E-state index contributed by atoms with van der Waals surface area (Å²) in [7, 11) is 0. The molecule has 0 spiro atoms. The van der Waals surface area contributed by atoms with E-state index in [1.54, 1.807) is 19.1 Å². The van der Waals surface area contributed by atoms with Crippen molar-refractivity contribution in [1.29, 1.82) is 0 Å². The molecular formula is C16H13F3N4O2. The molecule has 2 aromatic rings. The number of hydrogen-bond acceptors (Lipinski definition) is 4. The van der Waals surface area contributed by atoms with Crippen LogP contribution >= 0.6 is 0 Å². The normalized spacial score (nSPS) is 17.8. The molecule has 1 N–H and O–H groups in total. The number of halogens is 3. The van der Waals surface area contributed by atoms with Crippen LogP contribution < -0.4 is 10.2 Å². The van der Waals surface area contributed by atoms with Crippen LogP contribution in [0.5, 0.6) is 0 Å². The van der Waals surface area contributed by atoms with E-state index in [0.717, 1.165) is 4.90 Å². The van der Waals surface area contributed by atoms with Gasteiger partial charge >= 0.3 is 12.2 Å². The minimum Gasteiger partial charge on any atom is -0.325 e. The molecule has 2 heterocycles. The van der Waals surface area contributed by atoms with Gasteiger partial charge in [-0.15, -0.1) is 0 Å². The van der Waals surface area contributed by atoms with Gasteiger partial charge in [0.05, 0.1) is 24.0 Å². The average molecular weight is 350 g/mol. The number of urea groups is 1. The molecular weight excluding hydrogens is 337 g/mol. The molecule has 25 heavy (non-hydrogen) atoms. The van der Waals surface area contributed by atoms with Crippen molar-refractivity contribution in [3.05, 3.63) is 42.4 Å². The predicted molar refractivity (Wildman–Crippen MR) is 82.7 cm³/mol. The minimum absolute atomic E-state index is 0.218. The van der Waals surface area contributed by atoms with Crippen LogP contribution in [0.25, 0.3) is 11.3 Å². The lowest BCUT2D eigenvalue weighted by Gasteiger charge is -2.17. The van der Waals surface area contributed by atoms with Crippen LogP contribution in [0.2, 0.25) is 0 Å². The Labute approximate surface area is 140 Å². The Morgan fingerprint density at radius 3 is 2.64 bits per heavy atom. The van der Waals surface area contributed by atoms with Crippen molar-refractivity contribution in [2.24, 2.45) is 0 Å². The second-order valence-corrected chi connectivity index (χ2v) is 5.59. The van der Waals surface area contributed by atoms with Gasteiger partial charge in [-0.3, -0.25) is 14.8 Å². The number of carbonyl (C=O) groups excluding carboxylic acids is 2. The Morgan fingerprint density at radius 2 is 2.00 bits per heavy atom. The molecule has 0 radical (unpaired) electrons. The van der Waals surface area contributed by atoms with Gasteiger partial charge in [-0.25, -0.2) is 9.69 Å². The fourth-order valence-corrected chi connectivity index (χ4v) is 2.59. The molecule has 3 amide bonds. The summed E-state index contributed by atoms with van der Waals surface area (Å²) in [4.78, 5) is 33.2. The Hall–Kier alpha value is -2.97. The van der Waals surface area contributed by atoms with E-state index in [1.165, 1.54) is 24.7 Å². The highest BCUT2D eigenvalue weighted by Crippen LogP contribution is 2.31. The fourth-order valence-electron chi connectivity index (χ4n) is 2.59. The molecule has 0 aliphatic carbocycles. The number of rotatable bonds is 3. The van der Waals surface area contributed by atoms with E-state index in [4.69, 9.17) is 0 Å². The van der Waals surface area contributed by atoms with E-state index in [2.05, 4.69) is 15.3 Å². The number of imide groups is 1. The molecule has 1 atom stereocenters. The second kappa shape index (κ2) is 6.15. The molecule has 130 valence electrons. The maximum absolute atomic E-state index is 12.6. The molecule has 9 heteroatoms. The highest BCUT2D eigenvalue weighted by Gasteiger charge is 2.45. The zero-order valence-corrected chi connectivity index (χ0v) is 13.0. The van der Waals surface area contributed by atoms with Crippen molar-refractivity contribution in [3.63, 3.8) is 0 Å². The summed E-state index contributed by atoms with van der Waals surface area (Å²) < 4.78 is 37.7. The number of alkyl halides is 3. The molecule has 1 aromatic carbocycles. The van der Waals surface area contributed by atoms with E-state index in [9.17, 15) is 22.8 Å². The molecule has 0 saturated carbocycles. The lowest BCUT2D eigenvalue weighted by molar-refractivity contribution is -0.145. The summed E-state index contributed by atoms with van der Waals surface area (Å²) in [5.74, 6) is -0.929. The number of benzene rings is 1. The second-order valence-electron chi connectivity index (χ2n) is 5.59. The van der Waals surface area contributed by atoms with Gasteiger partial charge < -0.3 is 5.32 Å². The molecule has 1 aromatic heterocycles. The van der Waals surface area contributed by atoms with Gasteiger partial charge in [0.25, 0.3) is 5.91 Å². The number of aromatic nitrogens is 2. The highest BCUT2D eigenvalue weighted by atomic mass is 19.4. The van der Waals surface area contributed by atoms with E-state index in [0.29, 0.717) is 16.8 Å². The third kappa shape index (κ3) is 3.44. The number of hydrogen-bond donors (Lipinski definition) is 1. The summed E-state index contributed by atoms with van der Waals surface area (Å²) in [5.41, 5.74) is 1.90. The summed E-state index contributed by atoms with van der Waals surface area (Å²) in [6, 6.07) is 2.43. The number of anilines is 1. The van der Waals surface area contributed by atoms with Crippen LogP contribution in [0.4, 0.5) is 23.7 Å². The SMILES string of the molecule is Cc1ccc(-c2cnccn2)cc1N1C(=O)NC(CC(F)(F)F)C1=O. The average Bonchev–Trinajstić information content (AvgIpc) is 2.81. The van der Waals surface area contributed by atoms with E-state index < -0.39 is 30.6 Å². The minimum atomic E-state index is -4.56. The van der Waals surface area contributed by atoms with Crippen molar-refractivity contribution >= 4 is 17.6 Å². The van der Waals surface area contributed by atoms with Crippen molar-refractivity contribution in [3.8, 4) is 11.3 Å². The van der Waals surface area contributed by atoms with Crippen molar-refractivity contribution in [1.82, 2.24) is 15.3 Å². The third-order valence-corrected chi connectivity index (χ3v) is 3.76. The van der Waals surface area contributed by atoms with Gasteiger partial charge in [0.1, 0.15) is 6.04 Å². The first-order chi connectivity index (χ1) is 11.8. The number of amides is 3. The number of aryl methyl sites for hydroxylation is 1. The standard InChI is InChI=1S/C16H13F3N4O2/c1-9-2-3-10(12-8-20-4-5-21-12)6-13(9)23-14(24)11(22-15(23)25)7-16(17,18)19/h2-6,8,11H,7H2,1H3,(H,22,25). The molecule has 0 bridgehead atoms. The number of nitrogens with zero attached hydrogens (tertiary/aromatic N) is 3. The van der Waals surface area contributed by atoms with Gasteiger partial charge in [0, 0.05) is 18.0 Å². The van der Waals surface area contributed by atoms with E-state index in [-0.39, 0.29) is 5.69 Å². The smallest absolute Gasteiger partial charge is 0.325 e. The maximum Gasteiger partial charge on any atom is 0.391 e. The third-order valence-electron chi connectivity index (χ3n) is 3.76. The molecule has 3 rings (SSSR count). The Kier molecular flexibility index (Phi) is 4.15. The first-order valence-corrected chi connectivity index (χ1v) is 7.34. The Morgan fingerprint density at radius 1 is 1.24 bits per heavy atom. The lowest BCUT2D eigenvalue weighted by Crippen LogP contribution is -2.34. The summed E-state index contributed by atoms with van der Waals surface area (Å²) in [5, 5.41) is 2.08. The molecule has 6 nitrogen and oxygen atoms in total. The van der Waals surface area contributed by atoms with Crippen molar-refractivity contribution in [2.45, 2.75) is 25.6 Å². The molecule has 1 fully saturated rings. The summed E-state index contributed by atoms with van der Waals surface area (Å²) >= 11 is 0. The zero-order valence-electron chi connectivity index (χ0n) is 13.0. The largest absolute Gasteiger partial charge is 0.391 e. The summed E-state index contributed by atoms with van der Waals surface area (Å²) in [6.45, 7) is 1.66. The quantitative estimate of drug-likeness (QED) is 0.864. The van der Waals surface area contributed by atoms with Crippen LogP contribution in [0.3, 0.4) is 0 Å². The van der Waals surface area contributed by atoms with E-state index >= 15 is 0 Å². The Bertz CT molecular complexity index is 824. The van der Waals surface area contributed by atoms with Gasteiger partial charge in [0.2, 0.25) is 0 Å². The van der Waals surface area contributed by atoms with Crippen molar-refractivity contribution in [2.75, 3.05) is 4.90 Å². The van der Waals surface area contributed by atoms with Gasteiger partial charge in [0.15, 0.2) is 0 Å². The first kappa shape index (κ1) is 16.9. The monoisotopic (exact) mass is 350 g/mol. The van der Waals surface area contributed by atoms with E-state index in [1.807, 2.05) is 0 Å². The lowest BCUT2D eigenvalue weighted by atomic mass is 10.1. The maximum atomic E-state index is 12.6. The van der Waals surface area contributed by atoms with Crippen LogP contribution in [-0.2, 0) is 4.79 Å². The van der Waals surface area contributed by atoms with Crippen LogP contribution in [-0.4, -0.2) is 34.1 Å². The molecule has 1 aliphatic heterocycles. The highest BCUT2D eigenvalue weighted by molar-refractivity contribution is 6.21.